The molecular formula is C19H25N3O4S. The van der Waals surface area contributed by atoms with Crippen molar-refractivity contribution in [3.8, 4) is 0 Å². The van der Waals surface area contributed by atoms with E-state index in [1.54, 1.807) is 17.0 Å². The van der Waals surface area contributed by atoms with Crippen LogP contribution in [-0.4, -0.2) is 61.7 Å². The molecule has 0 N–H and O–H groups in total. The first-order valence-corrected chi connectivity index (χ1v) is 11.0. The van der Waals surface area contributed by atoms with Crippen LogP contribution < -0.4 is 4.90 Å². The smallest absolute Gasteiger partial charge is 0.243 e. The number of aryl methyl sites for hydroxylation is 1. The maximum absolute atomic E-state index is 13.2. The lowest BCUT2D eigenvalue weighted by Crippen LogP contribution is -2.50. The van der Waals surface area contributed by atoms with Gasteiger partial charge < -0.3 is 9.80 Å². The van der Waals surface area contributed by atoms with Crippen LogP contribution in [0.25, 0.3) is 0 Å². The molecule has 27 heavy (non-hydrogen) atoms. The van der Waals surface area contributed by atoms with Crippen molar-refractivity contribution in [2.45, 2.75) is 50.5 Å². The van der Waals surface area contributed by atoms with Crippen LogP contribution in [0.1, 0.15) is 37.8 Å². The first kappa shape index (κ1) is 18.4. The Morgan fingerprint density at radius 1 is 1.11 bits per heavy atom. The molecule has 146 valence electrons. The van der Waals surface area contributed by atoms with Gasteiger partial charge in [-0.15, -0.1) is 0 Å². The number of nitrogens with zero attached hydrogens (tertiary/aromatic N) is 3. The molecule has 3 heterocycles. The predicted octanol–water partition coefficient (Wildman–Crippen LogP) is 1.15. The Bertz CT molecular complexity index is 904. The summed E-state index contributed by atoms with van der Waals surface area (Å²) in [4.78, 5) is 27.9. The molecular weight excluding hydrogens is 366 g/mol. The van der Waals surface area contributed by atoms with Gasteiger partial charge in [-0.3, -0.25) is 9.59 Å². The second-order valence-electron chi connectivity index (χ2n) is 7.55. The van der Waals surface area contributed by atoms with E-state index in [0.717, 1.165) is 16.8 Å². The van der Waals surface area contributed by atoms with Crippen LogP contribution in [-0.2, 0) is 32.5 Å². The number of carbonyl (C=O) groups excluding carboxylic acids is 2. The van der Waals surface area contributed by atoms with Crippen molar-refractivity contribution in [2.75, 3.05) is 31.1 Å². The van der Waals surface area contributed by atoms with E-state index >= 15 is 0 Å². The molecule has 3 aliphatic rings. The summed E-state index contributed by atoms with van der Waals surface area (Å²) < 4.78 is 27.9. The fraction of sp³-hybridized carbons (Fsp3) is 0.579. The minimum absolute atomic E-state index is 0.0627. The SMILES string of the molecule is CCC(=O)N1CCN(S(=O)(=O)c2cc3c4c(c2)C[C@@H](C)N4C(=O)CC3)CC1. The van der Waals surface area contributed by atoms with Crippen LogP contribution >= 0.6 is 0 Å². The molecule has 4 rings (SSSR count). The van der Waals surface area contributed by atoms with Crippen molar-refractivity contribution in [1.82, 2.24) is 9.21 Å². The van der Waals surface area contributed by atoms with Crippen molar-refractivity contribution in [3.63, 3.8) is 0 Å². The minimum atomic E-state index is -3.60. The summed E-state index contributed by atoms with van der Waals surface area (Å²) in [6.45, 7) is 5.33. The number of amides is 2. The lowest BCUT2D eigenvalue weighted by molar-refractivity contribution is -0.132. The highest BCUT2D eigenvalue weighted by molar-refractivity contribution is 7.89. The maximum Gasteiger partial charge on any atom is 0.243 e. The van der Waals surface area contributed by atoms with Crippen LogP contribution in [0.3, 0.4) is 0 Å². The molecule has 2 amide bonds. The minimum Gasteiger partial charge on any atom is -0.340 e. The second-order valence-corrected chi connectivity index (χ2v) is 9.48. The monoisotopic (exact) mass is 391 g/mol. The van der Waals surface area contributed by atoms with Crippen molar-refractivity contribution in [2.24, 2.45) is 0 Å². The summed E-state index contributed by atoms with van der Waals surface area (Å²) >= 11 is 0. The van der Waals surface area contributed by atoms with Gasteiger partial charge in [-0.2, -0.15) is 4.31 Å². The molecule has 1 aromatic rings. The van der Waals surface area contributed by atoms with E-state index in [9.17, 15) is 18.0 Å². The Balaban J connectivity index is 1.62. The van der Waals surface area contributed by atoms with E-state index in [0.29, 0.717) is 56.8 Å². The van der Waals surface area contributed by atoms with Gasteiger partial charge in [-0.1, -0.05) is 6.92 Å². The first-order chi connectivity index (χ1) is 12.8. The fourth-order valence-corrected chi connectivity index (χ4v) is 5.97. The van der Waals surface area contributed by atoms with Gasteiger partial charge in [0.25, 0.3) is 0 Å². The van der Waals surface area contributed by atoms with Crippen LogP contribution in [0.15, 0.2) is 17.0 Å². The van der Waals surface area contributed by atoms with Crippen LogP contribution in [0.2, 0.25) is 0 Å². The number of hydrogen-bond acceptors (Lipinski definition) is 4. The van der Waals surface area contributed by atoms with Crippen molar-refractivity contribution in [3.05, 3.63) is 23.3 Å². The number of anilines is 1. The van der Waals surface area contributed by atoms with Gasteiger partial charge in [0.2, 0.25) is 21.8 Å². The topological polar surface area (TPSA) is 78.0 Å². The van der Waals surface area contributed by atoms with E-state index in [1.165, 1.54) is 4.31 Å². The number of hydrogen-bond donors (Lipinski definition) is 0. The van der Waals surface area contributed by atoms with Crippen molar-refractivity contribution >= 4 is 27.5 Å². The quantitative estimate of drug-likeness (QED) is 0.775. The molecule has 8 heteroatoms. The highest BCUT2D eigenvalue weighted by Crippen LogP contribution is 2.41. The second kappa shape index (κ2) is 6.60. The number of benzene rings is 1. The molecule has 0 aliphatic carbocycles. The van der Waals surface area contributed by atoms with Gasteiger partial charge in [0.05, 0.1) is 10.6 Å². The van der Waals surface area contributed by atoms with Crippen LogP contribution in [0.4, 0.5) is 5.69 Å². The number of rotatable bonds is 3. The van der Waals surface area contributed by atoms with Gasteiger partial charge in [0.15, 0.2) is 0 Å². The van der Waals surface area contributed by atoms with Crippen molar-refractivity contribution < 1.29 is 18.0 Å². The molecule has 0 aromatic heterocycles. The third-order valence-corrected chi connectivity index (χ3v) is 7.72. The molecule has 0 spiro atoms. The summed E-state index contributed by atoms with van der Waals surface area (Å²) in [6.07, 6.45) is 2.15. The Labute approximate surface area is 160 Å². The average molecular weight is 391 g/mol. The zero-order valence-electron chi connectivity index (χ0n) is 15.8. The van der Waals surface area contributed by atoms with Crippen LogP contribution in [0.5, 0.6) is 0 Å². The Morgan fingerprint density at radius 3 is 2.44 bits per heavy atom. The summed E-state index contributed by atoms with van der Waals surface area (Å²) in [5, 5.41) is 0. The number of carbonyl (C=O) groups is 2. The van der Waals surface area contributed by atoms with Crippen molar-refractivity contribution in [1.29, 1.82) is 0 Å². The van der Waals surface area contributed by atoms with Crippen LogP contribution in [0, 0.1) is 0 Å². The molecule has 1 saturated heterocycles. The molecule has 3 aliphatic heterocycles. The Kier molecular flexibility index (Phi) is 4.50. The Hall–Kier alpha value is -1.93. The van der Waals surface area contributed by atoms with Gasteiger partial charge in [0, 0.05) is 45.1 Å². The van der Waals surface area contributed by atoms with E-state index in [-0.39, 0.29) is 17.9 Å². The zero-order chi connectivity index (χ0) is 19.3. The molecule has 1 aromatic carbocycles. The van der Waals surface area contributed by atoms with Gasteiger partial charge in [0.1, 0.15) is 0 Å². The zero-order valence-corrected chi connectivity index (χ0v) is 16.6. The molecule has 0 radical (unpaired) electrons. The summed E-state index contributed by atoms with van der Waals surface area (Å²) in [5.74, 6) is 0.189. The lowest BCUT2D eigenvalue weighted by Gasteiger charge is -2.34. The molecule has 1 atom stereocenters. The van der Waals surface area contributed by atoms with E-state index in [2.05, 4.69) is 0 Å². The lowest BCUT2D eigenvalue weighted by atomic mass is 10.00. The van der Waals surface area contributed by atoms with Gasteiger partial charge >= 0.3 is 0 Å². The molecule has 0 unspecified atom stereocenters. The standard InChI is InChI=1S/C19H25N3O4S/c1-3-17(23)20-6-8-21(9-7-20)27(25,26)16-11-14-4-5-18(24)22-13(2)10-15(12-16)19(14)22/h11-13H,3-10H2,1-2H3/t13-/m1/s1. The largest absolute Gasteiger partial charge is 0.340 e. The van der Waals surface area contributed by atoms with E-state index in [4.69, 9.17) is 0 Å². The third kappa shape index (κ3) is 2.95. The van der Waals surface area contributed by atoms with Gasteiger partial charge in [-0.05, 0) is 43.0 Å². The Morgan fingerprint density at radius 2 is 1.78 bits per heavy atom. The average Bonchev–Trinajstić information content (AvgIpc) is 3.01. The van der Waals surface area contributed by atoms with E-state index in [1.807, 2.05) is 18.7 Å². The maximum atomic E-state index is 13.2. The predicted molar refractivity (Wildman–Crippen MR) is 101 cm³/mol. The molecule has 7 nitrogen and oxygen atoms in total. The normalized spacial score (nSPS) is 22.9. The molecule has 0 saturated carbocycles. The summed E-state index contributed by atoms with van der Waals surface area (Å²) in [7, 11) is -3.60. The highest BCUT2D eigenvalue weighted by atomic mass is 32.2. The summed E-state index contributed by atoms with van der Waals surface area (Å²) in [6, 6.07) is 3.57. The molecule has 1 fully saturated rings. The summed E-state index contributed by atoms with van der Waals surface area (Å²) in [5.41, 5.74) is 2.83. The fourth-order valence-electron chi connectivity index (χ4n) is 4.45. The first-order valence-electron chi connectivity index (χ1n) is 9.58. The third-order valence-electron chi connectivity index (χ3n) is 5.85. The highest BCUT2D eigenvalue weighted by Gasteiger charge is 2.38. The van der Waals surface area contributed by atoms with E-state index < -0.39 is 10.0 Å². The number of piperazine rings is 1. The molecule has 0 bridgehead atoms. The number of sulfonamides is 1. The van der Waals surface area contributed by atoms with Gasteiger partial charge in [-0.25, -0.2) is 8.42 Å².